The number of carbonyl (C=O) groups is 3. The molecule has 0 saturated heterocycles. The van der Waals surface area contributed by atoms with E-state index in [0.29, 0.717) is 6.41 Å². The van der Waals surface area contributed by atoms with Crippen LogP contribution in [0.3, 0.4) is 0 Å². The van der Waals surface area contributed by atoms with E-state index in [1.54, 1.807) is 0 Å². The number of anilines is 1. The lowest BCUT2D eigenvalue weighted by atomic mass is 10.0. The van der Waals surface area contributed by atoms with Crippen molar-refractivity contribution in [1.29, 1.82) is 0 Å². The number of rotatable bonds is 4. The molecular formula is C16H15NO5. The number of carboxylic acid groups (broad SMARTS) is 2. The zero-order valence-electron chi connectivity index (χ0n) is 11.8. The minimum absolute atomic E-state index is 0.0277. The second-order valence-corrected chi connectivity index (χ2v) is 4.22. The highest BCUT2D eigenvalue weighted by molar-refractivity contribution is 5.96. The van der Waals surface area contributed by atoms with Crippen LogP contribution in [0, 0.1) is 6.92 Å². The Hall–Kier alpha value is -3.15. The second-order valence-electron chi connectivity index (χ2n) is 4.22. The van der Waals surface area contributed by atoms with Crippen LogP contribution in [0.2, 0.25) is 0 Å². The summed E-state index contributed by atoms with van der Waals surface area (Å²) >= 11 is 0. The third-order valence-corrected chi connectivity index (χ3v) is 2.79. The van der Waals surface area contributed by atoms with Gasteiger partial charge in [0, 0.05) is 5.69 Å². The smallest absolute Gasteiger partial charge is 0.335 e. The molecule has 3 N–H and O–H groups in total. The van der Waals surface area contributed by atoms with Crippen LogP contribution in [0.1, 0.15) is 26.3 Å². The molecule has 0 heterocycles. The molecule has 0 aliphatic carbocycles. The molecule has 0 radical (unpaired) electrons. The summed E-state index contributed by atoms with van der Waals surface area (Å²) in [6, 6.07) is 13.5. The molecule has 0 saturated carbocycles. The van der Waals surface area contributed by atoms with E-state index < -0.39 is 11.9 Å². The lowest BCUT2D eigenvalue weighted by Gasteiger charge is -2.03. The predicted octanol–water partition coefficient (Wildman–Crippen LogP) is 2.65. The van der Waals surface area contributed by atoms with Gasteiger partial charge in [0.2, 0.25) is 6.41 Å². The molecule has 2 aromatic carbocycles. The van der Waals surface area contributed by atoms with Crippen molar-refractivity contribution >= 4 is 24.0 Å². The van der Waals surface area contributed by atoms with E-state index in [2.05, 4.69) is 5.32 Å². The van der Waals surface area contributed by atoms with Gasteiger partial charge >= 0.3 is 11.9 Å². The quantitative estimate of drug-likeness (QED) is 0.753. The van der Waals surface area contributed by atoms with E-state index in [1.807, 2.05) is 30.3 Å². The van der Waals surface area contributed by atoms with Gasteiger partial charge in [0.05, 0.1) is 11.1 Å². The number of carbonyl (C=O) groups excluding carboxylic acids is 1. The Labute approximate surface area is 127 Å². The Morgan fingerprint density at radius 3 is 1.82 bits per heavy atom. The minimum Gasteiger partial charge on any atom is -0.478 e. The van der Waals surface area contributed by atoms with E-state index in [-0.39, 0.29) is 16.7 Å². The summed E-state index contributed by atoms with van der Waals surface area (Å²) in [6.45, 7) is 1.48. The zero-order valence-corrected chi connectivity index (χ0v) is 11.8. The summed E-state index contributed by atoms with van der Waals surface area (Å²) in [5.41, 5.74) is 1.16. The summed E-state index contributed by atoms with van der Waals surface area (Å²) in [4.78, 5) is 31.1. The molecule has 0 fully saturated rings. The summed E-state index contributed by atoms with van der Waals surface area (Å²) in [7, 11) is 0. The molecule has 0 aliphatic rings. The van der Waals surface area contributed by atoms with E-state index in [0.717, 1.165) is 5.69 Å². The molecule has 2 aromatic rings. The first-order valence-electron chi connectivity index (χ1n) is 6.28. The highest BCUT2D eigenvalue weighted by Crippen LogP contribution is 2.13. The van der Waals surface area contributed by atoms with Gasteiger partial charge in [-0.1, -0.05) is 24.3 Å². The largest absolute Gasteiger partial charge is 0.478 e. The Bertz CT molecular complexity index is 635. The first-order chi connectivity index (χ1) is 10.5. The highest BCUT2D eigenvalue weighted by atomic mass is 16.4. The summed E-state index contributed by atoms with van der Waals surface area (Å²) in [5, 5.41) is 19.9. The third kappa shape index (κ3) is 4.75. The molecule has 0 atom stereocenters. The van der Waals surface area contributed by atoms with Crippen LogP contribution in [-0.2, 0) is 4.79 Å². The maximum atomic E-state index is 10.6. The molecule has 6 nitrogen and oxygen atoms in total. The van der Waals surface area contributed by atoms with Crippen LogP contribution in [-0.4, -0.2) is 28.6 Å². The van der Waals surface area contributed by atoms with Crippen molar-refractivity contribution < 1.29 is 24.6 Å². The lowest BCUT2D eigenvalue weighted by Crippen LogP contribution is -2.06. The van der Waals surface area contributed by atoms with Crippen LogP contribution >= 0.6 is 0 Å². The predicted molar refractivity (Wildman–Crippen MR) is 81.2 cm³/mol. The van der Waals surface area contributed by atoms with Gasteiger partial charge in [-0.3, -0.25) is 4.79 Å². The van der Waals surface area contributed by atoms with Crippen molar-refractivity contribution in [2.75, 3.05) is 5.32 Å². The van der Waals surface area contributed by atoms with Gasteiger partial charge in [-0.05, 0) is 36.8 Å². The fourth-order valence-corrected chi connectivity index (χ4v) is 1.70. The van der Waals surface area contributed by atoms with Crippen molar-refractivity contribution in [2.24, 2.45) is 0 Å². The molecule has 114 valence electrons. The number of nitrogens with one attached hydrogen (secondary N) is 1. The first-order valence-corrected chi connectivity index (χ1v) is 6.28. The molecule has 1 amide bonds. The van der Waals surface area contributed by atoms with Gasteiger partial charge < -0.3 is 15.5 Å². The van der Waals surface area contributed by atoms with Crippen LogP contribution < -0.4 is 5.32 Å². The van der Waals surface area contributed by atoms with Gasteiger partial charge in [-0.15, -0.1) is 0 Å². The number of carboxylic acids is 2. The number of hydrogen-bond donors (Lipinski definition) is 3. The summed E-state index contributed by atoms with van der Waals surface area (Å²) in [6.07, 6.45) is 0.662. The Morgan fingerprint density at radius 2 is 1.41 bits per heavy atom. The minimum atomic E-state index is -1.11. The Morgan fingerprint density at radius 1 is 0.909 bits per heavy atom. The molecule has 0 spiro atoms. The van der Waals surface area contributed by atoms with E-state index >= 15 is 0 Å². The van der Waals surface area contributed by atoms with E-state index in [4.69, 9.17) is 10.2 Å². The maximum absolute atomic E-state index is 10.6. The zero-order chi connectivity index (χ0) is 16.5. The number of benzene rings is 2. The number of hydrogen-bond acceptors (Lipinski definition) is 3. The van der Waals surface area contributed by atoms with Gasteiger partial charge in [0.25, 0.3) is 0 Å². The highest BCUT2D eigenvalue weighted by Gasteiger charge is 2.13. The fraction of sp³-hybridized carbons (Fsp3) is 0.0625. The van der Waals surface area contributed by atoms with Gasteiger partial charge in [-0.2, -0.15) is 0 Å². The van der Waals surface area contributed by atoms with Crippen molar-refractivity contribution in [3.63, 3.8) is 0 Å². The topological polar surface area (TPSA) is 104 Å². The van der Waals surface area contributed by atoms with Gasteiger partial charge in [-0.25, -0.2) is 9.59 Å². The van der Waals surface area contributed by atoms with Crippen LogP contribution in [0.25, 0.3) is 0 Å². The Kier molecular flexibility index (Phi) is 6.31. The molecule has 2 rings (SSSR count). The van der Waals surface area contributed by atoms with Crippen molar-refractivity contribution in [1.82, 2.24) is 0 Å². The van der Waals surface area contributed by atoms with Crippen molar-refractivity contribution in [2.45, 2.75) is 6.92 Å². The first kappa shape index (κ1) is 16.9. The molecule has 0 aliphatic heterocycles. The van der Waals surface area contributed by atoms with Crippen LogP contribution in [0.5, 0.6) is 0 Å². The van der Waals surface area contributed by atoms with E-state index in [9.17, 15) is 14.4 Å². The Balaban J connectivity index is 0.000000235. The average Bonchev–Trinajstić information content (AvgIpc) is 2.49. The van der Waals surface area contributed by atoms with Gasteiger partial charge in [0.1, 0.15) is 0 Å². The summed E-state index contributed by atoms with van der Waals surface area (Å²) < 4.78 is 0. The number of para-hydroxylation sites is 1. The molecule has 22 heavy (non-hydrogen) atoms. The monoisotopic (exact) mass is 301 g/mol. The molecule has 6 heteroatoms. The van der Waals surface area contributed by atoms with Crippen LogP contribution in [0.15, 0.2) is 48.5 Å². The molecule has 0 bridgehead atoms. The molecule has 0 unspecified atom stereocenters. The number of aromatic carboxylic acids is 2. The normalized spacial score (nSPS) is 9.14. The van der Waals surface area contributed by atoms with Crippen molar-refractivity contribution in [3.8, 4) is 0 Å². The SMILES string of the molecule is Cc1c(C(=O)O)cccc1C(=O)O.O=CNc1ccccc1. The summed E-state index contributed by atoms with van der Waals surface area (Å²) in [5.74, 6) is -2.22. The lowest BCUT2D eigenvalue weighted by molar-refractivity contribution is -0.105. The maximum Gasteiger partial charge on any atom is 0.335 e. The molecule has 0 aromatic heterocycles. The second kappa shape index (κ2) is 8.21. The number of amides is 1. The average molecular weight is 301 g/mol. The van der Waals surface area contributed by atoms with Crippen molar-refractivity contribution in [3.05, 3.63) is 65.2 Å². The van der Waals surface area contributed by atoms with Gasteiger partial charge in [0.15, 0.2) is 0 Å². The fourth-order valence-electron chi connectivity index (χ4n) is 1.70. The van der Waals surface area contributed by atoms with Crippen LogP contribution in [0.4, 0.5) is 5.69 Å². The standard InChI is InChI=1S/C9H8O4.C7H7NO/c1-5-6(8(10)11)3-2-4-7(5)9(12)13;9-6-8-7-4-2-1-3-5-7/h2-4H,1H3,(H,10,11)(H,12,13);1-6H,(H,8,9). The van der Waals surface area contributed by atoms with E-state index in [1.165, 1.54) is 25.1 Å². The molecular weight excluding hydrogens is 286 g/mol. The third-order valence-electron chi connectivity index (χ3n) is 2.79.